The maximum Gasteiger partial charge on any atom is 0.264 e. The van der Waals surface area contributed by atoms with E-state index in [1.807, 2.05) is 11.3 Å². The molecule has 2 saturated carbocycles. The maximum absolute atomic E-state index is 2.91. The highest BCUT2D eigenvalue weighted by molar-refractivity contribution is 7.33. The lowest BCUT2D eigenvalue weighted by Crippen LogP contribution is -2.62. The zero-order valence-electron chi connectivity index (χ0n) is 37.8. The lowest BCUT2D eigenvalue weighted by molar-refractivity contribution is 0.413. The predicted molar refractivity (Wildman–Crippen MR) is 252 cm³/mol. The SMILES string of the molecule is CC(C)(C)c1ccc2c(c1)N(C1CC3CCC1C3)c1cc(C(C)(C)C)cc3c1B2c1sc2ccc(C(C)(C)C)cc2c1N3c1ccc(C(C)(C)C)c(C(C)(C)C)c1. The first-order chi connectivity index (χ1) is 26.4. The normalized spacial score (nSPS) is 20.7. The van der Waals surface area contributed by atoms with Gasteiger partial charge in [0.15, 0.2) is 0 Å². The fourth-order valence-corrected chi connectivity index (χ4v) is 12.3. The van der Waals surface area contributed by atoms with Gasteiger partial charge < -0.3 is 9.80 Å². The monoisotopic (exact) mass is 775 g/mol. The molecule has 0 spiro atoms. The molecular weight excluding hydrogens is 707 g/mol. The van der Waals surface area contributed by atoms with Crippen molar-refractivity contribution in [2.45, 2.75) is 163 Å². The van der Waals surface area contributed by atoms with E-state index in [-0.39, 0.29) is 33.8 Å². The van der Waals surface area contributed by atoms with Gasteiger partial charge in [-0.15, -0.1) is 11.3 Å². The average Bonchev–Trinajstić information content (AvgIpc) is 3.84. The summed E-state index contributed by atoms with van der Waals surface area (Å²) in [5.74, 6) is 1.61. The largest absolute Gasteiger partial charge is 0.339 e. The molecule has 57 heavy (non-hydrogen) atoms. The van der Waals surface area contributed by atoms with Crippen molar-refractivity contribution in [1.82, 2.24) is 0 Å². The van der Waals surface area contributed by atoms with Gasteiger partial charge in [0, 0.05) is 43.7 Å². The van der Waals surface area contributed by atoms with Gasteiger partial charge in [0.2, 0.25) is 0 Å². The van der Waals surface area contributed by atoms with E-state index in [0.717, 1.165) is 11.8 Å². The molecule has 0 amide bonds. The Morgan fingerprint density at radius 1 is 0.561 bits per heavy atom. The molecule has 3 heterocycles. The summed E-state index contributed by atoms with van der Waals surface area (Å²) in [6.07, 6.45) is 5.46. The van der Waals surface area contributed by atoms with Crippen LogP contribution in [0.2, 0.25) is 0 Å². The summed E-state index contributed by atoms with van der Waals surface area (Å²) in [5.41, 5.74) is 17.2. The van der Waals surface area contributed by atoms with Crippen LogP contribution in [0, 0.1) is 11.8 Å². The number of hydrogen-bond acceptors (Lipinski definition) is 3. The standard InChI is InChI=1S/C53H67BN2S/c1-49(2,3)33-19-23-45-37(26-33)47-48(57-45)54-40-22-18-34(50(4,5)6)27-42(40)56(41-25-31-16-17-32(41)24-31)44-29-35(51(7,8)9)28-43(46(44)54)55(47)36-20-21-38(52(10,11)12)39(30-36)53(13,14)15/h18-23,26-32,41H,16-17,24-25H2,1-15H3. The molecule has 0 radical (unpaired) electrons. The topological polar surface area (TPSA) is 6.48 Å². The zero-order chi connectivity index (χ0) is 40.9. The molecule has 0 N–H and O–H groups in total. The van der Waals surface area contributed by atoms with Crippen LogP contribution in [-0.2, 0) is 27.1 Å². The third-order valence-electron chi connectivity index (χ3n) is 14.2. The van der Waals surface area contributed by atoms with Crippen molar-refractivity contribution < 1.29 is 0 Å². The molecule has 4 aromatic carbocycles. The molecule has 2 fully saturated rings. The molecule has 3 unspecified atom stereocenters. The molecule has 2 aliphatic heterocycles. The molecule has 4 heteroatoms. The number of nitrogens with zero attached hydrogens (tertiary/aromatic N) is 2. The van der Waals surface area contributed by atoms with Gasteiger partial charge >= 0.3 is 0 Å². The predicted octanol–water partition coefficient (Wildman–Crippen LogP) is 13.3. The van der Waals surface area contributed by atoms with Gasteiger partial charge in [-0.1, -0.05) is 135 Å². The van der Waals surface area contributed by atoms with Crippen molar-refractivity contribution >= 4 is 72.3 Å². The van der Waals surface area contributed by atoms with E-state index < -0.39 is 0 Å². The van der Waals surface area contributed by atoms with Crippen molar-refractivity contribution in [3.05, 3.63) is 94.5 Å². The fourth-order valence-electron chi connectivity index (χ4n) is 11.0. The van der Waals surface area contributed by atoms with Crippen LogP contribution < -0.4 is 25.5 Å². The van der Waals surface area contributed by atoms with Crippen molar-refractivity contribution in [2.24, 2.45) is 11.8 Å². The van der Waals surface area contributed by atoms with E-state index in [1.54, 1.807) is 0 Å². The first kappa shape index (κ1) is 39.0. The van der Waals surface area contributed by atoms with Gasteiger partial charge in [-0.05, 0) is 139 Å². The fraction of sp³-hybridized carbons (Fsp3) is 0.509. The van der Waals surface area contributed by atoms with Gasteiger partial charge in [0.05, 0.1) is 5.69 Å². The summed E-state index contributed by atoms with van der Waals surface area (Å²) < 4.78 is 2.87. The highest BCUT2D eigenvalue weighted by Crippen LogP contribution is 2.54. The van der Waals surface area contributed by atoms with E-state index in [1.165, 1.54) is 108 Å². The minimum Gasteiger partial charge on any atom is -0.339 e. The summed E-state index contributed by atoms with van der Waals surface area (Å²) in [4.78, 5) is 5.65. The Bertz CT molecular complexity index is 2430. The molecule has 9 rings (SSSR count). The Morgan fingerprint density at radius 3 is 1.77 bits per heavy atom. The number of hydrogen-bond donors (Lipinski definition) is 0. The molecule has 1 aromatic heterocycles. The van der Waals surface area contributed by atoms with Crippen LogP contribution in [0.1, 0.15) is 157 Å². The number of thiophene rings is 1. The average molecular weight is 775 g/mol. The number of fused-ring (bicyclic) bond motifs is 8. The molecule has 2 bridgehead atoms. The van der Waals surface area contributed by atoms with E-state index in [2.05, 4.69) is 180 Å². The lowest BCUT2D eigenvalue weighted by Gasteiger charge is -2.48. The first-order valence-electron chi connectivity index (χ1n) is 22.1. The minimum atomic E-state index is -0.0242. The van der Waals surface area contributed by atoms with Crippen LogP contribution in [-0.4, -0.2) is 12.8 Å². The third kappa shape index (κ3) is 6.24. The second-order valence-corrected chi connectivity index (χ2v) is 24.7. The van der Waals surface area contributed by atoms with Crippen molar-refractivity contribution in [1.29, 1.82) is 0 Å². The molecule has 0 saturated heterocycles. The first-order valence-corrected chi connectivity index (χ1v) is 22.9. The van der Waals surface area contributed by atoms with Crippen LogP contribution >= 0.6 is 11.3 Å². The Hall–Kier alpha value is -3.50. The Labute approximate surface area is 349 Å². The molecule has 2 nitrogen and oxygen atoms in total. The van der Waals surface area contributed by atoms with Crippen LogP contribution in [0.5, 0.6) is 0 Å². The van der Waals surface area contributed by atoms with Gasteiger partial charge in [0.1, 0.15) is 0 Å². The van der Waals surface area contributed by atoms with Gasteiger partial charge in [-0.25, -0.2) is 0 Å². The molecule has 2 aliphatic carbocycles. The highest BCUT2D eigenvalue weighted by atomic mass is 32.1. The van der Waals surface area contributed by atoms with Crippen LogP contribution in [0.4, 0.5) is 28.4 Å². The van der Waals surface area contributed by atoms with Crippen molar-refractivity contribution in [3.63, 3.8) is 0 Å². The van der Waals surface area contributed by atoms with Gasteiger partial charge in [0.25, 0.3) is 6.71 Å². The molecule has 5 aromatic rings. The number of benzene rings is 4. The maximum atomic E-state index is 2.91. The smallest absolute Gasteiger partial charge is 0.264 e. The van der Waals surface area contributed by atoms with E-state index in [9.17, 15) is 0 Å². The molecular formula is C53H67BN2S. The van der Waals surface area contributed by atoms with Crippen LogP contribution in [0.25, 0.3) is 10.1 Å². The summed E-state index contributed by atoms with van der Waals surface area (Å²) in [7, 11) is 0. The number of anilines is 5. The van der Waals surface area contributed by atoms with Crippen molar-refractivity contribution in [2.75, 3.05) is 9.80 Å². The Kier molecular flexibility index (Phi) is 8.56. The summed E-state index contributed by atoms with van der Waals surface area (Å²) in [6.45, 7) is 35.9. The highest BCUT2D eigenvalue weighted by Gasteiger charge is 2.50. The van der Waals surface area contributed by atoms with Gasteiger partial charge in [-0.2, -0.15) is 0 Å². The minimum absolute atomic E-state index is 0.00906. The van der Waals surface area contributed by atoms with E-state index in [0.29, 0.717) is 6.04 Å². The van der Waals surface area contributed by atoms with E-state index in [4.69, 9.17) is 0 Å². The Morgan fingerprint density at radius 2 is 1.18 bits per heavy atom. The molecule has 4 aliphatic rings. The second-order valence-electron chi connectivity index (χ2n) is 23.6. The molecule has 3 atom stereocenters. The second kappa shape index (κ2) is 12.5. The van der Waals surface area contributed by atoms with Crippen molar-refractivity contribution in [3.8, 4) is 0 Å². The number of rotatable bonds is 2. The molecule has 298 valence electrons. The lowest BCUT2D eigenvalue weighted by atomic mass is 9.36. The third-order valence-corrected chi connectivity index (χ3v) is 15.4. The van der Waals surface area contributed by atoms with Gasteiger partial charge in [-0.3, -0.25) is 0 Å². The van der Waals surface area contributed by atoms with E-state index >= 15 is 0 Å². The van der Waals surface area contributed by atoms with Crippen LogP contribution in [0.15, 0.2) is 66.7 Å². The quantitative estimate of drug-likeness (QED) is 0.162. The Balaban J connectivity index is 1.42. The summed E-state index contributed by atoms with van der Waals surface area (Å²) in [5, 5.41) is 1.39. The summed E-state index contributed by atoms with van der Waals surface area (Å²) >= 11 is 2.04. The van der Waals surface area contributed by atoms with Crippen LogP contribution in [0.3, 0.4) is 0 Å². The summed E-state index contributed by atoms with van der Waals surface area (Å²) in [6, 6.07) is 28.2. The zero-order valence-corrected chi connectivity index (χ0v) is 38.6.